The van der Waals surface area contributed by atoms with Crippen LogP contribution in [0.3, 0.4) is 0 Å². The van der Waals surface area contributed by atoms with Gasteiger partial charge in [-0.05, 0) is 60.1 Å². The molecule has 3 aromatic rings. The highest BCUT2D eigenvalue weighted by molar-refractivity contribution is 8.13. The number of sulfone groups is 1. The van der Waals surface area contributed by atoms with Crippen LogP contribution in [0.5, 0.6) is 0 Å². The number of hydrogen-bond acceptors (Lipinski definition) is 5. The molecule has 0 fully saturated rings. The van der Waals surface area contributed by atoms with E-state index in [0.717, 1.165) is 45.4 Å². The molecule has 0 bridgehead atoms. The van der Waals surface area contributed by atoms with E-state index in [4.69, 9.17) is 21.6 Å². The second-order valence-corrected chi connectivity index (χ2v) is 11.5. The van der Waals surface area contributed by atoms with Gasteiger partial charge in [0.25, 0.3) is 0 Å². The fourth-order valence-electron chi connectivity index (χ4n) is 3.97. The van der Waals surface area contributed by atoms with Gasteiger partial charge in [0.15, 0.2) is 15.0 Å². The summed E-state index contributed by atoms with van der Waals surface area (Å²) in [5, 5.41) is 1.45. The Morgan fingerprint density at radius 2 is 2.00 bits per heavy atom. The molecule has 1 aromatic carbocycles. The molecule has 3 heterocycles. The third-order valence-corrected chi connectivity index (χ3v) is 8.31. The molecule has 6 nitrogen and oxygen atoms in total. The van der Waals surface area contributed by atoms with Gasteiger partial charge in [0.05, 0.1) is 22.9 Å². The molecule has 0 aliphatic carbocycles. The Morgan fingerprint density at radius 3 is 2.62 bits per heavy atom. The minimum Gasteiger partial charge on any atom is -0.308 e. The average molecular weight is 515 g/mol. The van der Waals surface area contributed by atoms with E-state index in [9.17, 15) is 8.42 Å². The molecule has 0 radical (unpaired) electrons. The second-order valence-electron chi connectivity index (χ2n) is 8.09. The lowest BCUT2D eigenvalue weighted by Gasteiger charge is -2.21. The highest BCUT2D eigenvalue weighted by Crippen LogP contribution is 2.30. The van der Waals surface area contributed by atoms with Crippen LogP contribution in [0.1, 0.15) is 30.2 Å². The molecule has 1 aliphatic rings. The van der Waals surface area contributed by atoms with Crippen LogP contribution in [-0.2, 0) is 16.3 Å². The number of hydrogen-bond donors (Lipinski definition) is 0. The molecule has 9 heteroatoms. The van der Waals surface area contributed by atoms with E-state index >= 15 is 0 Å². The van der Waals surface area contributed by atoms with Crippen LogP contribution in [0.4, 0.5) is 5.82 Å². The maximum Gasteiger partial charge on any atom is 0.169 e. The van der Waals surface area contributed by atoms with Crippen molar-refractivity contribution in [2.24, 2.45) is 4.99 Å². The van der Waals surface area contributed by atoms with Gasteiger partial charge in [-0.3, -0.25) is 4.40 Å². The molecule has 2 aromatic heterocycles. The number of pyridine rings is 1. The molecule has 0 unspecified atom stereocenters. The van der Waals surface area contributed by atoms with Gasteiger partial charge in [-0.15, -0.1) is 0 Å². The van der Waals surface area contributed by atoms with Crippen LogP contribution in [0, 0.1) is 0 Å². The number of aromatic nitrogens is 2. The van der Waals surface area contributed by atoms with E-state index in [1.807, 2.05) is 66.9 Å². The molecule has 0 saturated carbocycles. The maximum absolute atomic E-state index is 11.8. The van der Waals surface area contributed by atoms with Crippen molar-refractivity contribution >= 4 is 61.1 Å². The molecule has 0 saturated heterocycles. The summed E-state index contributed by atoms with van der Waals surface area (Å²) >= 11 is 7.55. The molecule has 34 heavy (non-hydrogen) atoms. The summed E-state index contributed by atoms with van der Waals surface area (Å²) < 4.78 is 25.8. The molecular formula is C25H27ClN4O2S2. The van der Waals surface area contributed by atoms with Crippen molar-refractivity contribution in [3.63, 3.8) is 0 Å². The highest BCUT2D eigenvalue weighted by atomic mass is 35.5. The number of fused-ring (bicyclic) bond motifs is 1. The number of rotatable bonds is 5. The lowest BCUT2D eigenvalue weighted by Crippen LogP contribution is -2.26. The summed E-state index contributed by atoms with van der Waals surface area (Å²) in [6.07, 6.45) is 7.14. The second kappa shape index (κ2) is 9.98. The zero-order valence-corrected chi connectivity index (χ0v) is 21.8. The first-order valence-electron chi connectivity index (χ1n) is 10.9. The standard InChI is InChI=1S/C25H27ClN4O2S2/c1-5-22-24(29(3)25(33-4)27-17(2)18-6-9-21(26)10-7-18)30-16-20(8-11-23(30)28-22)19-12-14-34(31,32)15-13-19/h6-12,16H,2,5,13-15H2,1,3-4H3/b27-25-. The first kappa shape index (κ1) is 24.6. The van der Waals surface area contributed by atoms with Crippen LogP contribution < -0.4 is 4.90 Å². The molecular weight excluding hydrogens is 488 g/mol. The molecule has 4 rings (SSSR count). The third kappa shape index (κ3) is 5.09. The Morgan fingerprint density at radius 1 is 1.26 bits per heavy atom. The van der Waals surface area contributed by atoms with Crippen molar-refractivity contribution in [1.29, 1.82) is 0 Å². The highest BCUT2D eigenvalue weighted by Gasteiger charge is 2.21. The van der Waals surface area contributed by atoms with E-state index in [0.29, 0.717) is 17.1 Å². The average Bonchev–Trinajstić information content (AvgIpc) is 3.20. The van der Waals surface area contributed by atoms with E-state index in [1.165, 1.54) is 11.8 Å². The summed E-state index contributed by atoms with van der Waals surface area (Å²) in [6, 6.07) is 11.5. The van der Waals surface area contributed by atoms with Gasteiger partial charge in [-0.1, -0.05) is 55.1 Å². The monoisotopic (exact) mass is 514 g/mol. The van der Waals surface area contributed by atoms with Gasteiger partial charge in [0, 0.05) is 18.3 Å². The summed E-state index contributed by atoms with van der Waals surface area (Å²) in [6.45, 7) is 6.23. The summed E-state index contributed by atoms with van der Waals surface area (Å²) in [5.41, 5.74) is 5.40. The van der Waals surface area contributed by atoms with Gasteiger partial charge < -0.3 is 4.90 Å². The third-order valence-electron chi connectivity index (χ3n) is 5.83. The molecule has 0 spiro atoms. The van der Waals surface area contributed by atoms with Crippen molar-refractivity contribution in [2.75, 3.05) is 29.7 Å². The number of benzene rings is 1. The van der Waals surface area contributed by atoms with Crippen molar-refractivity contribution < 1.29 is 8.42 Å². The van der Waals surface area contributed by atoms with Crippen LogP contribution >= 0.6 is 23.4 Å². The normalized spacial score (nSPS) is 15.9. The van der Waals surface area contributed by atoms with E-state index in [-0.39, 0.29) is 11.5 Å². The fourth-order valence-corrected chi connectivity index (χ4v) is 5.81. The summed E-state index contributed by atoms with van der Waals surface area (Å²) in [5.74, 6) is 1.21. The quantitative estimate of drug-likeness (QED) is 0.328. The largest absolute Gasteiger partial charge is 0.308 e. The Labute approximate surface area is 210 Å². The topological polar surface area (TPSA) is 67.0 Å². The van der Waals surface area contributed by atoms with E-state index in [1.54, 1.807) is 0 Å². The number of allylic oxidation sites excluding steroid dienone is 1. The Balaban J connectivity index is 1.74. The van der Waals surface area contributed by atoms with Crippen LogP contribution in [0.15, 0.2) is 60.2 Å². The van der Waals surface area contributed by atoms with Gasteiger partial charge in [-0.2, -0.15) is 0 Å². The van der Waals surface area contributed by atoms with Crippen LogP contribution in [-0.4, -0.2) is 47.8 Å². The minimum absolute atomic E-state index is 0.0906. The van der Waals surface area contributed by atoms with Crippen LogP contribution in [0.2, 0.25) is 5.02 Å². The van der Waals surface area contributed by atoms with Crippen molar-refractivity contribution in [2.45, 2.75) is 19.8 Å². The molecule has 1 aliphatic heterocycles. The number of imidazole rings is 1. The number of amidine groups is 1. The van der Waals surface area contributed by atoms with Gasteiger partial charge in [-0.25, -0.2) is 18.4 Å². The van der Waals surface area contributed by atoms with Gasteiger partial charge in [0.1, 0.15) is 11.5 Å². The fraction of sp³-hybridized carbons (Fsp3) is 0.280. The Bertz CT molecular complexity index is 1410. The predicted octanol–water partition coefficient (Wildman–Crippen LogP) is 5.58. The first-order chi connectivity index (χ1) is 16.2. The Kier molecular flexibility index (Phi) is 7.21. The Hall–Kier alpha value is -2.55. The van der Waals surface area contributed by atoms with Gasteiger partial charge in [0.2, 0.25) is 0 Å². The molecule has 0 atom stereocenters. The van der Waals surface area contributed by atoms with Crippen molar-refractivity contribution in [3.05, 3.63) is 77.1 Å². The van der Waals surface area contributed by atoms with Crippen LogP contribution in [0.25, 0.3) is 16.9 Å². The van der Waals surface area contributed by atoms with Gasteiger partial charge >= 0.3 is 0 Å². The van der Waals surface area contributed by atoms with E-state index < -0.39 is 9.84 Å². The molecule has 0 N–H and O–H groups in total. The summed E-state index contributed by atoms with van der Waals surface area (Å²) in [4.78, 5) is 11.7. The number of halogens is 1. The first-order valence-corrected chi connectivity index (χ1v) is 14.4. The SMILES string of the molecule is C=C(/N=C(\SC)N(C)c1c(CC)nc2ccc(C3=CCS(=O)(=O)CC3)cn12)c1ccc(Cl)cc1. The maximum atomic E-state index is 11.8. The minimum atomic E-state index is -2.98. The summed E-state index contributed by atoms with van der Waals surface area (Å²) in [7, 11) is -0.999. The lowest BCUT2D eigenvalue weighted by molar-refractivity contribution is 0.597. The molecule has 178 valence electrons. The number of aliphatic imine (C=N–C) groups is 1. The van der Waals surface area contributed by atoms with Crippen molar-refractivity contribution in [1.82, 2.24) is 9.38 Å². The number of nitrogens with zero attached hydrogens (tertiary/aromatic N) is 4. The number of anilines is 1. The lowest BCUT2D eigenvalue weighted by atomic mass is 10.1. The predicted molar refractivity (Wildman–Crippen MR) is 146 cm³/mol. The van der Waals surface area contributed by atoms with E-state index in [2.05, 4.69) is 17.9 Å². The molecule has 0 amide bonds. The number of thioether (sulfide) groups is 1. The zero-order chi connectivity index (χ0) is 24.5. The number of aryl methyl sites for hydroxylation is 1. The van der Waals surface area contributed by atoms with Crippen molar-refractivity contribution in [3.8, 4) is 0 Å². The smallest absolute Gasteiger partial charge is 0.169 e. The zero-order valence-electron chi connectivity index (χ0n) is 19.5.